The van der Waals surface area contributed by atoms with Gasteiger partial charge in [0.25, 0.3) is 0 Å². The quantitative estimate of drug-likeness (QED) is 0.687. The number of rotatable bonds is 7. The van der Waals surface area contributed by atoms with Crippen molar-refractivity contribution in [2.45, 2.75) is 20.8 Å². The van der Waals surface area contributed by atoms with Crippen LogP contribution in [0.4, 0.5) is 5.69 Å². The van der Waals surface area contributed by atoms with Crippen molar-refractivity contribution in [3.05, 3.63) is 47.7 Å². The first-order chi connectivity index (χ1) is 12.9. The number of nitrogens with one attached hydrogen (secondary N) is 3. The van der Waals surface area contributed by atoms with Crippen molar-refractivity contribution in [2.24, 2.45) is 0 Å². The molecule has 3 amide bonds. The molecule has 27 heavy (non-hydrogen) atoms. The van der Waals surface area contributed by atoms with Gasteiger partial charge in [0.05, 0.1) is 13.1 Å². The highest BCUT2D eigenvalue weighted by atomic mass is 16.5. The average molecular weight is 370 g/mol. The summed E-state index contributed by atoms with van der Waals surface area (Å²) in [5, 5.41) is 7.43. The first-order valence-corrected chi connectivity index (χ1v) is 8.37. The molecule has 1 aromatic heterocycles. The van der Waals surface area contributed by atoms with Crippen LogP contribution in [0.5, 0.6) is 11.6 Å². The van der Waals surface area contributed by atoms with Crippen LogP contribution in [-0.2, 0) is 14.4 Å². The number of ether oxygens (including phenoxy) is 1. The number of anilines is 1. The largest absolute Gasteiger partial charge is 0.437 e. The topological polar surface area (TPSA) is 109 Å². The first-order valence-electron chi connectivity index (χ1n) is 8.37. The Morgan fingerprint density at radius 1 is 1.00 bits per heavy atom. The number of aromatic nitrogens is 1. The zero-order valence-electron chi connectivity index (χ0n) is 15.5. The minimum atomic E-state index is -0.460. The van der Waals surface area contributed by atoms with E-state index in [1.807, 2.05) is 32.0 Å². The molecule has 0 atom stereocenters. The number of carbonyl (C=O) groups excluding carboxylic acids is 3. The van der Waals surface area contributed by atoms with Crippen LogP contribution in [0.3, 0.4) is 0 Å². The Balaban J connectivity index is 1.99. The summed E-state index contributed by atoms with van der Waals surface area (Å²) in [5.74, 6) is -0.321. The smallest absolute Gasteiger partial charge is 0.243 e. The van der Waals surface area contributed by atoms with Gasteiger partial charge in [0.15, 0.2) is 0 Å². The summed E-state index contributed by atoms with van der Waals surface area (Å²) in [7, 11) is 0. The second kappa shape index (κ2) is 9.33. The molecule has 0 radical (unpaired) electrons. The van der Waals surface area contributed by atoms with E-state index in [1.165, 1.54) is 6.92 Å². The van der Waals surface area contributed by atoms with E-state index in [4.69, 9.17) is 4.74 Å². The fraction of sp³-hybridized carbons (Fsp3) is 0.263. The highest BCUT2D eigenvalue weighted by molar-refractivity contribution is 5.96. The minimum Gasteiger partial charge on any atom is -0.437 e. The maximum Gasteiger partial charge on any atom is 0.243 e. The summed E-state index contributed by atoms with van der Waals surface area (Å²) in [6.07, 6.45) is 1.56. The van der Waals surface area contributed by atoms with E-state index < -0.39 is 11.8 Å². The number of hydrogen-bond donors (Lipinski definition) is 3. The zero-order valence-corrected chi connectivity index (χ0v) is 15.5. The summed E-state index contributed by atoms with van der Waals surface area (Å²) >= 11 is 0. The maximum atomic E-state index is 12.1. The van der Waals surface area contributed by atoms with Crippen molar-refractivity contribution in [1.29, 1.82) is 0 Å². The van der Waals surface area contributed by atoms with Crippen molar-refractivity contribution >= 4 is 23.4 Å². The predicted molar refractivity (Wildman–Crippen MR) is 101 cm³/mol. The Morgan fingerprint density at radius 2 is 1.74 bits per heavy atom. The molecule has 0 aliphatic rings. The number of aryl methyl sites for hydroxylation is 1. The van der Waals surface area contributed by atoms with Crippen molar-refractivity contribution < 1.29 is 19.1 Å². The molecule has 0 unspecified atom stereocenters. The molecule has 0 fully saturated rings. The molecule has 1 aromatic carbocycles. The van der Waals surface area contributed by atoms with Crippen molar-refractivity contribution in [3.63, 3.8) is 0 Å². The Morgan fingerprint density at radius 3 is 2.48 bits per heavy atom. The van der Waals surface area contributed by atoms with Crippen LogP contribution in [0, 0.1) is 13.8 Å². The molecule has 2 rings (SSSR count). The molecule has 0 saturated heterocycles. The summed E-state index contributed by atoms with van der Waals surface area (Å²) < 4.78 is 5.85. The maximum absolute atomic E-state index is 12.1. The van der Waals surface area contributed by atoms with E-state index >= 15 is 0 Å². The van der Waals surface area contributed by atoms with Crippen LogP contribution in [0.2, 0.25) is 0 Å². The molecule has 0 aliphatic carbocycles. The molecular formula is C19H22N4O4. The molecule has 0 saturated carbocycles. The van der Waals surface area contributed by atoms with Gasteiger partial charge in [-0.1, -0.05) is 12.1 Å². The highest BCUT2D eigenvalue weighted by Gasteiger charge is 2.12. The number of pyridine rings is 1. The Bertz CT molecular complexity index is 851. The normalized spacial score (nSPS) is 10.0. The minimum absolute atomic E-state index is 0.184. The van der Waals surface area contributed by atoms with Gasteiger partial charge in [0.1, 0.15) is 11.4 Å². The monoisotopic (exact) mass is 370 g/mol. The van der Waals surface area contributed by atoms with Crippen molar-refractivity contribution in [3.8, 4) is 11.6 Å². The van der Waals surface area contributed by atoms with Crippen LogP contribution in [0.15, 0.2) is 36.5 Å². The number of amides is 3. The Kier molecular flexibility index (Phi) is 6.87. The number of benzene rings is 1. The molecular weight excluding hydrogens is 348 g/mol. The lowest BCUT2D eigenvalue weighted by Gasteiger charge is -2.13. The van der Waals surface area contributed by atoms with Crippen LogP contribution < -0.4 is 20.7 Å². The molecule has 142 valence electrons. The molecule has 0 bridgehead atoms. The van der Waals surface area contributed by atoms with Gasteiger partial charge in [-0.05, 0) is 43.2 Å². The van der Waals surface area contributed by atoms with Crippen LogP contribution >= 0.6 is 0 Å². The summed E-state index contributed by atoms with van der Waals surface area (Å²) in [5.41, 5.74) is 2.45. The van der Waals surface area contributed by atoms with Gasteiger partial charge in [-0.15, -0.1) is 0 Å². The zero-order chi connectivity index (χ0) is 19.8. The number of nitrogens with zero attached hydrogens (tertiary/aromatic N) is 1. The second-order valence-corrected chi connectivity index (χ2v) is 5.89. The number of hydrogen-bond acceptors (Lipinski definition) is 5. The van der Waals surface area contributed by atoms with Gasteiger partial charge in [0, 0.05) is 13.1 Å². The third kappa shape index (κ3) is 6.10. The summed E-state index contributed by atoms with van der Waals surface area (Å²) in [6.45, 7) is 4.80. The molecule has 3 N–H and O–H groups in total. The first kappa shape index (κ1) is 19.9. The summed E-state index contributed by atoms with van der Waals surface area (Å²) in [6, 6.07) is 9.01. The van der Waals surface area contributed by atoms with Gasteiger partial charge < -0.3 is 20.7 Å². The van der Waals surface area contributed by atoms with E-state index in [9.17, 15) is 14.4 Å². The van der Waals surface area contributed by atoms with Crippen molar-refractivity contribution in [2.75, 3.05) is 18.4 Å². The molecule has 8 heteroatoms. The van der Waals surface area contributed by atoms with Crippen molar-refractivity contribution in [1.82, 2.24) is 15.6 Å². The molecule has 0 aliphatic heterocycles. The Hall–Kier alpha value is -3.42. The molecule has 2 aromatic rings. The van der Waals surface area contributed by atoms with Crippen LogP contribution in [0.25, 0.3) is 0 Å². The lowest BCUT2D eigenvalue weighted by atomic mass is 10.1. The van der Waals surface area contributed by atoms with Gasteiger partial charge in [0.2, 0.25) is 23.6 Å². The van der Waals surface area contributed by atoms with Gasteiger partial charge in [-0.2, -0.15) is 0 Å². The average Bonchev–Trinajstić information content (AvgIpc) is 2.63. The third-order valence-electron chi connectivity index (χ3n) is 3.75. The second-order valence-electron chi connectivity index (χ2n) is 5.89. The van der Waals surface area contributed by atoms with E-state index in [1.54, 1.807) is 18.3 Å². The van der Waals surface area contributed by atoms with E-state index in [0.29, 0.717) is 11.4 Å². The Labute approximate surface area is 157 Å². The number of carbonyl (C=O) groups is 3. The lowest BCUT2D eigenvalue weighted by molar-refractivity contribution is -0.126. The van der Waals surface area contributed by atoms with E-state index in [0.717, 1.165) is 11.1 Å². The molecule has 8 nitrogen and oxygen atoms in total. The van der Waals surface area contributed by atoms with E-state index in [2.05, 4.69) is 20.9 Å². The van der Waals surface area contributed by atoms with Gasteiger partial charge >= 0.3 is 0 Å². The van der Waals surface area contributed by atoms with Gasteiger partial charge in [-0.25, -0.2) is 4.98 Å². The highest BCUT2D eigenvalue weighted by Crippen LogP contribution is 2.30. The van der Waals surface area contributed by atoms with Gasteiger partial charge in [-0.3, -0.25) is 14.4 Å². The SMILES string of the molecule is CC(=O)NCC(=O)NCC(=O)Nc1cccnc1Oc1cccc(C)c1C. The fourth-order valence-electron chi connectivity index (χ4n) is 2.15. The molecule has 1 heterocycles. The molecule has 0 spiro atoms. The fourth-order valence-corrected chi connectivity index (χ4v) is 2.15. The summed E-state index contributed by atoms with van der Waals surface area (Å²) in [4.78, 5) is 38.6. The van der Waals surface area contributed by atoms with Crippen LogP contribution in [-0.4, -0.2) is 35.8 Å². The standard InChI is InChI=1S/C19H22N4O4/c1-12-6-4-8-16(13(12)2)27-19-15(7-5-9-20-19)23-18(26)11-22-17(25)10-21-14(3)24/h4-9H,10-11H2,1-3H3,(H,21,24)(H,22,25)(H,23,26). The lowest BCUT2D eigenvalue weighted by Crippen LogP contribution is -2.39. The van der Waals surface area contributed by atoms with Crippen LogP contribution in [0.1, 0.15) is 18.1 Å². The predicted octanol–water partition coefficient (Wildman–Crippen LogP) is 1.68. The van der Waals surface area contributed by atoms with E-state index in [-0.39, 0.29) is 24.9 Å². The third-order valence-corrected chi connectivity index (χ3v) is 3.75.